The molecule has 0 aliphatic heterocycles. The second-order valence-corrected chi connectivity index (χ2v) is 4.68. The smallest absolute Gasteiger partial charge is 0.147 e. The zero-order valence-electron chi connectivity index (χ0n) is 11.4. The summed E-state index contributed by atoms with van der Waals surface area (Å²) < 4.78 is 0. The van der Waals surface area contributed by atoms with E-state index in [0.717, 1.165) is 24.6 Å². The summed E-state index contributed by atoms with van der Waals surface area (Å²) in [6.07, 6.45) is 6.04. The number of nitrogens with zero attached hydrogens (tertiary/aromatic N) is 3. The number of nitrogens with one attached hydrogen (secondary N) is 1. The first-order valence-electron chi connectivity index (χ1n) is 6.39. The van der Waals surface area contributed by atoms with Crippen LogP contribution >= 0.6 is 0 Å². The highest BCUT2D eigenvalue weighted by Gasteiger charge is 2.04. The normalized spacial score (nSPS) is 10.9. The van der Waals surface area contributed by atoms with Crippen LogP contribution in [0.4, 0.5) is 5.82 Å². The average molecular weight is 236 g/mol. The molecule has 0 atom stereocenters. The van der Waals surface area contributed by atoms with Gasteiger partial charge in [0.25, 0.3) is 0 Å². The summed E-state index contributed by atoms with van der Waals surface area (Å²) >= 11 is 0. The van der Waals surface area contributed by atoms with Crippen LogP contribution in [0.1, 0.15) is 39.3 Å². The Kier molecular flexibility index (Phi) is 5.91. The summed E-state index contributed by atoms with van der Waals surface area (Å²) in [6.45, 7) is 8.27. The largest absolute Gasteiger partial charge is 0.358 e. The third-order valence-corrected chi connectivity index (χ3v) is 2.60. The van der Waals surface area contributed by atoms with Crippen molar-refractivity contribution in [1.82, 2.24) is 15.3 Å². The van der Waals surface area contributed by atoms with E-state index < -0.39 is 0 Å². The number of hydrogen-bond acceptors (Lipinski definition) is 4. The Bertz CT molecular complexity index is 325. The maximum absolute atomic E-state index is 4.60. The van der Waals surface area contributed by atoms with Gasteiger partial charge in [0.05, 0.1) is 11.9 Å². The Labute approximate surface area is 104 Å². The molecule has 1 aromatic rings. The molecular weight excluding hydrogens is 212 g/mol. The molecule has 0 bridgehead atoms. The zero-order chi connectivity index (χ0) is 12.7. The van der Waals surface area contributed by atoms with Crippen LogP contribution in [-0.2, 0) is 6.54 Å². The van der Waals surface area contributed by atoms with Crippen LogP contribution in [0.2, 0.25) is 0 Å². The number of rotatable bonds is 7. The first kappa shape index (κ1) is 13.9. The molecule has 0 unspecified atom stereocenters. The summed E-state index contributed by atoms with van der Waals surface area (Å²) in [7, 11) is 2.07. The highest BCUT2D eigenvalue weighted by molar-refractivity contribution is 5.34. The summed E-state index contributed by atoms with van der Waals surface area (Å²) in [5.41, 5.74) is 1.000. The van der Waals surface area contributed by atoms with Gasteiger partial charge in [-0.3, -0.25) is 4.98 Å². The van der Waals surface area contributed by atoms with Gasteiger partial charge in [-0.15, -0.1) is 0 Å². The SMILES string of the molecule is CCCCN(C)c1cncc(CNC(C)C)n1. The van der Waals surface area contributed by atoms with Crippen LogP contribution < -0.4 is 10.2 Å². The number of anilines is 1. The molecule has 0 aliphatic carbocycles. The van der Waals surface area contributed by atoms with Gasteiger partial charge in [-0.1, -0.05) is 27.2 Å². The number of hydrogen-bond donors (Lipinski definition) is 1. The van der Waals surface area contributed by atoms with E-state index in [1.54, 1.807) is 0 Å². The molecule has 17 heavy (non-hydrogen) atoms. The molecule has 0 saturated carbocycles. The van der Waals surface area contributed by atoms with Gasteiger partial charge in [0.1, 0.15) is 5.82 Å². The maximum atomic E-state index is 4.60. The van der Waals surface area contributed by atoms with Crippen molar-refractivity contribution < 1.29 is 0 Å². The fourth-order valence-electron chi connectivity index (χ4n) is 1.48. The molecule has 0 radical (unpaired) electrons. The van der Waals surface area contributed by atoms with Crippen LogP contribution in [0, 0.1) is 0 Å². The Balaban J connectivity index is 2.58. The lowest BCUT2D eigenvalue weighted by Gasteiger charge is -2.18. The van der Waals surface area contributed by atoms with Crippen LogP contribution in [0.3, 0.4) is 0 Å². The van der Waals surface area contributed by atoms with Gasteiger partial charge in [0, 0.05) is 32.4 Å². The molecule has 0 aliphatic rings. The molecule has 4 nitrogen and oxygen atoms in total. The highest BCUT2D eigenvalue weighted by Crippen LogP contribution is 2.08. The van der Waals surface area contributed by atoms with Gasteiger partial charge in [-0.25, -0.2) is 4.98 Å². The van der Waals surface area contributed by atoms with Gasteiger partial charge >= 0.3 is 0 Å². The van der Waals surface area contributed by atoms with Crippen molar-refractivity contribution in [2.24, 2.45) is 0 Å². The van der Waals surface area contributed by atoms with Gasteiger partial charge in [-0.2, -0.15) is 0 Å². The first-order chi connectivity index (χ1) is 8.13. The summed E-state index contributed by atoms with van der Waals surface area (Å²) in [5.74, 6) is 0.960. The minimum Gasteiger partial charge on any atom is -0.358 e. The molecule has 0 amide bonds. The van der Waals surface area contributed by atoms with E-state index in [2.05, 4.69) is 48.0 Å². The van der Waals surface area contributed by atoms with E-state index in [1.165, 1.54) is 12.8 Å². The molecule has 0 spiro atoms. The minimum absolute atomic E-state index is 0.471. The van der Waals surface area contributed by atoms with Crippen molar-refractivity contribution in [3.63, 3.8) is 0 Å². The predicted octanol–water partition coefficient (Wildman–Crippen LogP) is 2.21. The summed E-state index contributed by atoms with van der Waals surface area (Å²) in [6, 6.07) is 0.471. The average Bonchev–Trinajstić information content (AvgIpc) is 2.33. The van der Waals surface area contributed by atoms with E-state index >= 15 is 0 Å². The van der Waals surface area contributed by atoms with Gasteiger partial charge in [0.15, 0.2) is 0 Å². The number of unbranched alkanes of at least 4 members (excludes halogenated alkanes) is 1. The van der Waals surface area contributed by atoms with Crippen molar-refractivity contribution in [2.45, 2.75) is 46.2 Å². The third kappa shape index (κ3) is 5.13. The van der Waals surface area contributed by atoms with Crippen LogP contribution in [0.5, 0.6) is 0 Å². The van der Waals surface area contributed by atoms with Crippen molar-refractivity contribution >= 4 is 5.82 Å². The molecule has 1 rings (SSSR count). The molecule has 0 saturated heterocycles. The van der Waals surface area contributed by atoms with Crippen LogP contribution in [0.25, 0.3) is 0 Å². The quantitative estimate of drug-likeness (QED) is 0.788. The van der Waals surface area contributed by atoms with E-state index in [-0.39, 0.29) is 0 Å². The van der Waals surface area contributed by atoms with Gasteiger partial charge in [-0.05, 0) is 6.42 Å². The second kappa shape index (κ2) is 7.22. The van der Waals surface area contributed by atoms with E-state index in [9.17, 15) is 0 Å². The topological polar surface area (TPSA) is 41.1 Å². The summed E-state index contributed by atoms with van der Waals surface area (Å²) in [5, 5.41) is 3.35. The van der Waals surface area contributed by atoms with Crippen LogP contribution in [0.15, 0.2) is 12.4 Å². The maximum Gasteiger partial charge on any atom is 0.147 e. The Morgan fingerprint density at radius 1 is 1.35 bits per heavy atom. The summed E-state index contributed by atoms with van der Waals surface area (Å²) in [4.78, 5) is 11.0. The fourth-order valence-corrected chi connectivity index (χ4v) is 1.48. The molecule has 1 heterocycles. The Morgan fingerprint density at radius 3 is 2.76 bits per heavy atom. The third-order valence-electron chi connectivity index (χ3n) is 2.60. The van der Waals surface area contributed by atoms with Crippen molar-refractivity contribution in [3.05, 3.63) is 18.1 Å². The Hall–Kier alpha value is -1.16. The second-order valence-electron chi connectivity index (χ2n) is 4.68. The van der Waals surface area contributed by atoms with E-state index in [1.807, 2.05) is 12.4 Å². The monoisotopic (exact) mass is 236 g/mol. The molecule has 1 N–H and O–H groups in total. The van der Waals surface area contributed by atoms with E-state index in [0.29, 0.717) is 6.04 Å². The van der Waals surface area contributed by atoms with Gasteiger partial charge in [0.2, 0.25) is 0 Å². The standard InChI is InChI=1S/C13H24N4/c1-5-6-7-17(4)13-10-14-8-12(16-13)9-15-11(2)3/h8,10-11,15H,5-7,9H2,1-4H3. The molecule has 0 fully saturated rings. The molecule has 1 aromatic heterocycles. The van der Waals surface area contributed by atoms with Gasteiger partial charge < -0.3 is 10.2 Å². The lowest BCUT2D eigenvalue weighted by Crippen LogP contribution is -2.24. The molecule has 96 valence electrons. The van der Waals surface area contributed by atoms with Crippen molar-refractivity contribution in [3.8, 4) is 0 Å². The first-order valence-corrected chi connectivity index (χ1v) is 6.39. The van der Waals surface area contributed by atoms with Crippen molar-refractivity contribution in [2.75, 3.05) is 18.5 Å². The molecule has 0 aromatic carbocycles. The minimum atomic E-state index is 0.471. The molecule has 4 heteroatoms. The van der Waals surface area contributed by atoms with Crippen molar-refractivity contribution in [1.29, 1.82) is 0 Å². The lowest BCUT2D eigenvalue weighted by atomic mass is 10.3. The molecular formula is C13H24N4. The van der Waals surface area contributed by atoms with Crippen LogP contribution in [-0.4, -0.2) is 29.6 Å². The lowest BCUT2D eigenvalue weighted by molar-refractivity contribution is 0.579. The number of aromatic nitrogens is 2. The van der Waals surface area contributed by atoms with E-state index in [4.69, 9.17) is 0 Å². The fraction of sp³-hybridized carbons (Fsp3) is 0.692. The Morgan fingerprint density at radius 2 is 2.12 bits per heavy atom. The predicted molar refractivity (Wildman–Crippen MR) is 72.2 cm³/mol. The highest BCUT2D eigenvalue weighted by atomic mass is 15.2. The zero-order valence-corrected chi connectivity index (χ0v) is 11.4.